The normalized spacial score (nSPS) is 11.8. The molecule has 0 aromatic heterocycles. The third kappa shape index (κ3) is 2.12. The Bertz CT molecular complexity index is 334. The van der Waals surface area contributed by atoms with Crippen molar-refractivity contribution in [1.82, 2.24) is 0 Å². The van der Waals surface area contributed by atoms with Gasteiger partial charge in [-0.2, -0.15) is 13.2 Å². The van der Waals surface area contributed by atoms with Crippen LogP contribution in [0.25, 0.3) is 0 Å². The number of hydrogen-bond donors (Lipinski definition) is 1. The molecule has 0 fully saturated rings. The van der Waals surface area contributed by atoms with Crippen LogP contribution in [0, 0.1) is 5.82 Å². The van der Waals surface area contributed by atoms with Crippen LogP contribution in [0.3, 0.4) is 0 Å². The summed E-state index contributed by atoms with van der Waals surface area (Å²) in [6.07, 6.45) is -4.62. The van der Waals surface area contributed by atoms with Gasteiger partial charge in [-0.1, -0.05) is 0 Å². The van der Waals surface area contributed by atoms with Crippen LogP contribution >= 0.6 is 15.9 Å². The fourth-order valence-electron chi connectivity index (χ4n) is 0.808. The summed E-state index contributed by atoms with van der Waals surface area (Å²) in [7, 11) is 0. The molecule has 13 heavy (non-hydrogen) atoms. The van der Waals surface area contributed by atoms with Crippen LogP contribution in [0.15, 0.2) is 16.6 Å². The molecule has 0 atom stereocenters. The molecular formula is C7H4BrF4N. The van der Waals surface area contributed by atoms with Gasteiger partial charge in [0.05, 0.1) is 10.0 Å². The van der Waals surface area contributed by atoms with Crippen molar-refractivity contribution >= 4 is 21.6 Å². The molecule has 0 saturated heterocycles. The highest BCUT2D eigenvalue weighted by atomic mass is 79.9. The molecule has 1 nitrogen and oxygen atoms in total. The molecule has 1 aromatic rings. The van der Waals surface area contributed by atoms with Gasteiger partial charge in [-0.15, -0.1) is 0 Å². The van der Waals surface area contributed by atoms with Crippen LogP contribution in [0.2, 0.25) is 0 Å². The lowest BCUT2D eigenvalue weighted by molar-refractivity contribution is -0.137. The maximum absolute atomic E-state index is 12.7. The summed E-state index contributed by atoms with van der Waals surface area (Å²) < 4.78 is 48.9. The van der Waals surface area contributed by atoms with Crippen LogP contribution in [0.5, 0.6) is 0 Å². The van der Waals surface area contributed by atoms with E-state index in [9.17, 15) is 17.6 Å². The molecule has 6 heteroatoms. The molecule has 0 unspecified atom stereocenters. The minimum atomic E-state index is -4.62. The lowest BCUT2D eigenvalue weighted by Gasteiger charge is -2.10. The largest absolute Gasteiger partial charge is 0.418 e. The van der Waals surface area contributed by atoms with Gasteiger partial charge in [-0.05, 0) is 28.1 Å². The zero-order valence-corrected chi connectivity index (χ0v) is 7.71. The molecule has 0 radical (unpaired) electrons. The van der Waals surface area contributed by atoms with E-state index in [4.69, 9.17) is 5.73 Å². The summed E-state index contributed by atoms with van der Waals surface area (Å²) in [5.41, 5.74) is 3.40. The van der Waals surface area contributed by atoms with Gasteiger partial charge >= 0.3 is 6.18 Å². The number of hydrogen-bond acceptors (Lipinski definition) is 1. The van der Waals surface area contributed by atoms with Crippen molar-refractivity contribution in [2.45, 2.75) is 6.18 Å². The lowest BCUT2D eigenvalue weighted by Crippen LogP contribution is -2.09. The quantitative estimate of drug-likeness (QED) is 0.561. The maximum Gasteiger partial charge on any atom is 0.418 e. The first-order valence-corrected chi connectivity index (χ1v) is 3.93. The standard InChI is InChI=1S/C7H4BrF4N/c8-4-2-6(13)3(1-5(4)9)7(10,11)12/h1-2H,13H2. The average molecular weight is 258 g/mol. The summed E-state index contributed by atoms with van der Waals surface area (Å²) in [6, 6.07) is 1.25. The van der Waals surface area contributed by atoms with Gasteiger partial charge in [-0.25, -0.2) is 4.39 Å². The second kappa shape index (κ2) is 3.17. The summed E-state index contributed by atoms with van der Waals surface area (Å²) in [6.45, 7) is 0. The Labute approximate surface area is 79.7 Å². The number of benzene rings is 1. The topological polar surface area (TPSA) is 26.0 Å². The first-order chi connectivity index (χ1) is 5.82. The molecule has 72 valence electrons. The number of nitrogens with two attached hydrogens (primary N) is 1. The van der Waals surface area contributed by atoms with Crippen molar-refractivity contribution in [3.8, 4) is 0 Å². The van der Waals surface area contributed by atoms with Crippen LogP contribution in [-0.2, 0) is 6.18 Å². The molecule has 0 aliphatic rings. The second-order valence-electron chi connectivity index (χ2n) is 2.35. The predicted molar refractivity (Wildman–Crippen MR) is 43.5 cm³/mol. The van der Waals surface area contributed by atoms with Crippen LogP contribution < -0.4 is 5.73 Å². The summed E-state index contributed by atoms with van der Waals surface area (Å²) >= 11 is 2.72. The highest BCUT2D eigenvalue weighted by Gasteiger charge is 2.33. The Morgan fingerprint density at radius 3 is 2.23 bits per heavy atom. The fraction of sp³-hybridized carbons (Fsp3) is 0.143. The Balaban J connectivity index is 3.32. The van der Waals surface area contributed by atoms with Crippen molar-refractivity contribution in [1.29, 1.82) is 0 Å². The molecule has 1 rings (SSSR count). The number of anilines is 1. The maximum atomic E-state index is 12.7. The second-order valence-corrected chi connectivity index (χ2v) is 3.21. The molecule has 2 N–H and O–H groups in total. The van der Waals surface area contributed by atoms with Gasteiger partial charge in [0.1, 0.15) is 5.82 Å². The number of halogens is 5. The first kappa shape index (κ1) is 10.3. The van der Waals surface area contributed by atoms with Crippen molar-refractivity contribution in [2.24, 2.45) is 0 Å². The van der Waals surface area contributed by atoms with Gasteiger partial charge in [0, 0.05) is 5.69 Å². The highest BCUT2D eigenvalue weighted by molar-refractivity contribution is 9.10. The van der Waals surface area contributed by atoms with E-state index in [0.717, 1.165) is 6.07 Å². The molecule has 0 aliphatic carbocycles. The fourth-order valence-corrected chi connectivity index (χ4v) is 1.17. The summed E-state index contributed by atoms with van der Waals surface area (Å²) in [4.78, 5) is 0. The van der Waals surface area contributed by atoms with Crippen molar-refractivity contribution < 1.29 is 17.6 Å². The van der Waals surface area contributed by atoms with E-state index in [1.165, 1.54) is 0 Å². The highest BCUT2D eigenvalue weighted by Crippen LogP contribution is 2.35. The van der Waals surface area contributed by atoms with Gasteiger partial charge in [0.15, 0.2) is 0 Å². The minimum Gasteiger partial charge on any atom is -0.398 e. The number of nitrogen functional groups attached to an aromatic ring is 1. The number of alkyl halides is 3. The molecule has 1 aromatic carbocycles. The Morgan fingerprint density at radius 1 is 1.23 bits per heavy atom. The molecular weight excluding hydrogens is 254 g/mol. The zero-order chi connectivity index (χ0) is 10.2. The van der Waals surface area contributed by atoms with E-state index in [-0.39, 0.29) is 4.47 Å². The summed E-state index contributed by atoms with van der Waals surface area (Å²) in [5, 5.41) is 0. The molecule has 0 bridgehead atoms. The van der Waals surface area contributed by atoms with Gasteiger partial charge in [-0.3, -0.25) is 0 Å². The van der Waals surface area contributed by atoms with Gasteiger partial charge in [0.25, 0.3) is 0 Å². The third-order valence-electron chi connectivity index (χ3n) is 1.40. The van der Waals surface area contributed by atoms with Crippen molar-refractivity contribution in [3.05, 3.63) is 28.0 Å². The minimum absolute atomic E-state index is 0.0852. The van der Waals surface area contributed by atoms with E-state index in [1.807, 2.05) is 0 Å². The van der Waals surface area contributed by atoms with E-state index in [1.54, 1.807) is 0 Å². The molecule has 0 amide bonds. The molecule has 0 saturated carbocycles. The third-order valence-corrected chi connectivity index (χ3v) is 2.01. The molecule has 0 spiro atoms. The van der Waals surface area contributed by atoms with Gasteiger partial charge < -0.3 is 5.73 Å². The average Bonchev–Trinajstić information content (AvgIpc) is 1.94. The first-order valence-electron chi connectivity index (χ1n) is 3.14. The van der Waals surface area contributed by atoms with Crippen molar-refractivity contribution in [2.75, 3.05) is 5.73 Å². The van der Waals surface area contributed by atoms with Gasteiger partial charge in [0.2, 0.25) is 0 Å². The van der Waals surface area contributed by atoms with E-state index < -0.39 is 23.2 Å². The molecule has 0 aliphatic heterocycles. The molecule has 0 heterocycles. The Hall–Kier alpha value is -0.780. The van der Waals surface area contributed by atoms with Crippen LogP contribution in [0.4, 0.5) is 23.2 Å². The van der Waals surface area contributed by atoms with E-state index in [0.29, 0.717) is 6.07 Å². The van der Waals surface area contributed by atoms with Crippen molar-refractivity contribution in [3.63, 3.8) is 0 Å². The van der Waals surface area contributed by atoms with Crippen LogP contribution in [-0.4, -0.2) is 0 Å². The predicted octanol–water partition coefficient (Wildman–Crippen LogP) is 3.19. The zero-order valence-electron chi connectivity index (χ0n) is 6.12. The Morgan fingerprint density at radius 2 is 1.77 bits per heavy atom. The summed E-state index contributed by atoms with van der Waals surface area (Å²) in [5.74, 6) is -0.985. The monoisotopic (exact) mass is 257 g/mol. The van der Waals surface area contributed by atoms with E-state index in [2.05, 4.69) is 15.9 Å². The van der Waals surface area contributed by atoms with E-state index >= 15 is 0 Å². The lowest BCUT2D eigenvalue weighted by atomic mass is 10.2. The number of rotatable bonds is 0. The SMILES string of the molecule is Nc1cc(Br)c(F)cc1C(F)(F)F. The van der Waals surface area contributed by atoms with Crippen LogP contribution in [0.1, 0.15) is 5.56 Å². The Kier molecular flexibility index (Phi) is 2.51. The smallest absolute Gasteiger partial charge is 0.398 e.